The molecule has 0 N–H and O–H groups in total. The highest BCUT2D eigenvalue weighted by molar-refractivity contribution is 7.12. The maximum atomic E-state index is 8.54. The molecule has 0 radical (unpaired) electrons. The molecule has 0 aromatic carbocycles. The average Bonchev–Trinajstić information content (AvgIpc) is 2.32. The Labute approximate surface area is 69.5 Å². The van der Waals surface area contributed by atoms with Gasteiger partial charge in [-0.2, -0.15) is 5.26 Å². The van der Waals surface area contributed by atoms with Gasteiger partial charge in [0.15, 0.2) is 0 Å². The zero-order chi connectivity index (χ0) is 7.68. The van der Waals surface area contributed by atoms with Gasteiger partial charge < -0.3 is 0 Å². The van der Waals surface area contributed by atoms with Crippen molar-refractivity contribution in [2.24, 2.45) is 0 Å². The predicted molar refractivity (Wildman–Crippen MR) is 43.4 cm³/mol. The highest BCUT2D eigenvalue weighted by Gasteiger charge is 2.22. The highest BCUT2D eigenvalue weighted by Crippen LogP contribution is 2.37. The smallest absolute Gasteiger partial charge is 0.124 e. The molecule has 0 atom stereocenters. The van der Waals surface area contributed by atoms with Crippen LogP contribution in [0.3, 0.4) is 0 Å². The van der Waals surface area contributed by atoms with E-state index in [1.807, 2.05) is 0 Å². The van der Waals surface area contributed by atoms with E-state index in [0.717, 1.165) is 9.88 Å². The Morgan fingerprint density at radius 2 is 2.45 bits per heavy atom. The average molecular weight is 164 g/mol. The molecule has 0 spiro atoms. The molecule has 3 heteroatoms. The van der Waals surface area contributed by atoms with Crippen molar-refractivity contribution in [1.82, 2.24) is 4.98 Å². The van der Waals surface area contributed by atoms with Gasteiger partial charge >= 0.3 is 0 Å². The summed E-state index contributed by atoms with van der Waals surface area (Å²) < 4.78 is 0. The predicted octanol–water partition coefficient (Wildman–Crippen LogP) is 2.28. The van der Waals surface area contributed by atoms with E-state index in [4.69, 9.17) is 5.26 Å². The molecule has 0 aliphatic heterocycles. The van der Waals surface area contributed by atoms with Crippen molar-refractivity contribution >= 4 is 11.3 Å². The summed E-state index contributed by atoms with van der Waals surface area (Å²) in [6.07, 6.45) is 5.53. The normalized spacial score (nSPS) is 17.4. The SMILES string of the molecule is N#Cc1cnc(C2CCC2)s1. The maximum absolute atomic E-state index is 8.54. The number of thiazole rings is 1. The van der Waals surface area contributed by atoms with Crippen LogP contribution in [0.15, 0.2) is 6.20 Å². The lowest BCUT2D eigenvalue weighted by Crippen LogP contribution is -2.07. The quantitative estimate of drug-likeness (QED) is 0.638. The summed E-state index contributed by atoms with van der Waals surface area (Å²) in [6, 6.07) is 2.11. The third kappa shape index (κ3) is 1.14. The topological polar surface area (TPSA) is 36.7 Å². The summed E-state index contributed by atoms with van der Waals surface area (Å²) >= 11 is 1.54. The Morgan fingerprint density at radius 1 is 1.64 bits per heavy atom. The molecule has 0 unspecified atom stereocenters. The van der Waals surface area contributed by atoms with Gasteiger partial charge in [-0.3, -0.25) is 0 Å². The van der Waals surface area contributed by atoms with Gasteiger partial charge in [-0.1, -0.05) is 6.42 Å². The first-order chi connectivity index (χ1) is 5.40. The van der Waals surface area contributed by atoms with E-state index in [2.05, 4.69) is 11.1 Å². The Bertz CT molecular complexity index is 293. The molecule has 0 saturated heterocycles. The van der Waals surface area contributed by atoms with Crippen LogP contribution in [0.4, 0.5) is 0 Å². The molecule has 1 aliphatic rings. The van der Waals surface area contributed by atoms with Gasteiger partial charge in [0.25, 0.3) is 0 Å². The summed E-state index contributed by atoms with van der Waals surface area (Å²) in [7, 11) is 0. The maximum Gasteiger partial charge on any atom is 0.124 e. The first kappa shape index (κ1) is 6.81. The fourth-order valence-corrected chi connectivity index (χ4v) is 2.07. The van der Waals surface area contributed by atoms with Crippen LogP contribution in [0.2, 0.25) is 0 Å². The van der Waals surface area contributed by atoms with Gasteiger partial charge in [-0.15, -0.1) is 11.3 Å². The minimum Gasteiger partial charge on any atom is -0.248 e. The van der Waals surface area contributed by atoms with Gasteiger partial charge in [0.05, 0.1) is 11.2 Å². The second kappa shape index (κ2) is 2.63. The van der Waals surface area contributed by atoms with Crippen LogP contribution in [0.25, 0.3) is 0 Å². The standard InChI is InChI=1S/C8H8N2S/c9-4-7-5-10-8(11-7)6-2-1-3-6/h5-6H,1-3H2. The van der Waals surface area contributed by atoms with Gasteiger partial charge in [0.1, 0.15) is 10.9 Å². The first-order valence-electron chi connectivity index (χ1n) is 3.76. The molecule has 1 aromatic rings. The third-order valence-corrected chi connectivity index (χ3v) is 3.15. The van der Waals surface area contributed by atoms with E-state index < -0.39 is 0 Å². The first-order valence-corrected chi connectivity index (χ1v) is 4.57. The molecule has 0 bridgehead atoms. The summed E-state index contributed by atoms with van der Waals surface area (Å²) in [5, 5.41) is 9.70. The Hall–Kier alpha value is -0.880. The van der Waals surface area contributed by atoms with E-state index >= 15 is 0 Å². The number of rotatable bonds is 1. The van der Waals surface area contributed by atoms with Crippen molar-refractivity contribution in [1.29, 1.82) is 5.26 Å². The molecule has 1 aromatic heterocycles. The van der Waals surface area contributed by atoms with Crippen LogP contribution in [-0.4, -0.2) is 4.98 Å². The molecule has 2 nitrogen and oxygen atoms in total. The van der Waals surface area contributed by atoms with Crippen LogP contribution in [0, 0.1) is 11.3 Å². The van der Waals surface area contributed by atoms with Crippen molar-refractivity contribution in [3.05, 3.63) is 16.1 Å². The van der Waals surface area contributed by atoms with E-state index in [-0.39, 0.29) is 0 Å². The van der Waals surface area contributed by atoms with Crippen molar-refractivity contribution < 1.29 is 0 Å². The minimum atomic E-state index is 0.669. The number of hydrogen-bond donors (Lipinski definition) is 0. The fourth-order valence-electron chi connectivity index (χ4n) is 1.18. The van der Waals surface area contributed by atoms with Crippen LogP contribution < -0.4 is 0 Å². The molecule has 1 aliphatic carbocycles. The largest absolute Gasteiger partial charge is 0.248 e. The van der Waals surface area contributed by atoms with E-state index in [1.165, 1.54) is 19.3 Å². The van der Waals surface area contributed by atoms with Crippen LogP contribution in [-0.2, 0) is 0 Å². The number of aromatic nitrogens is 1. The highest BCUT2D eigenvalue weighted by atomic mass is 32.1. The monoisotopic (exact) mass is 164 g/mol. The van der Waals surface area contributed by atoms with E-state index in [9.17, 15) is 0 Å². The second-order valence-electron chi connectivity index (χ2n) is 2.80. The lowest BCUT2D eigenvalue weighted by atomic mass is 9.86. The van der Waals surface area contributed by atoms with E-state index in [0.29, 0.717) is 5.92 Å². The molecule has 2 rings (SSSR count). The zero-order valence-corrected chi connectivity index (χ0v) is 6.90. The fraction of sp³-hybridized carbons (Fsp3) is 0.500. The summed E-state index contributed by atoms with van der Waals surface area (Å²) in [6.45, 7) is 0. The third-order valence-electron chi connectivity index (χ3n) is 2.09. The molecule has 1 fully saturated rings. The number of nitrogens with zero attached hydrogens (tertiary/aromatic N) is 2. The van der Waals surface area contributed by atoms with Gasteiger partial charge in [0.2, 0.25) is 0 Å². The van der Waals surface area contributed by atoms with Crippen molar-refractivity contribution in [2.75, 3.05) is 0 Å². The lowest BCUT2D eigenvalue weighted by molar-refractivity contribution is 0.418. The van der Waals surface area contributed by atoms with Crippen molar-refractivity contribution in [3.63, 3.8) is 0 Å². The van der Waals surface area contributed by atoms with Crippen molar-refractivity contribution in [2.45, 2.75) is 25.2 Å². The van der Waals surface area contributed by atoms with Gasteiger partial charge in [-0.05, 0) is 12.8 Å². The summed E-state index contributed by atoms with van der Waals surface area (Å²) in [5.74, 6) is 0.669. The Kier molecular flexibility index (Phi) is 1.63. The summed E-state index contributed by atoms with van der Waals surface area (Å²) in [4.78, 5) is 4.95. The minimum absolute atomic E-state index is 0.669. The van der Waals surface area contributed by atoms with Gasteiger partial charge in [-0.25, -0.2) is 4.98 Å². The molecule has 1 heterocycles. The lowest BCUT2D eigenvalue weighted by Gasteiger charge is -2.22. The Balaban J connectivity index is 2.19. The molecule has 1 saturated carbocycles. The summed E-state index contributed by atoms with van der Waals surface area (Å²) in [5.41, 5.74) is 0. The van der Waals surface area contributed by atoms with Crippen LogP contribution in [0.5, 0.6) is 0 Å². The Morgan fingerprint density at radius 3 is 2.91 bits per heavy atom. The van der Waals surface area contributed by atoms with E-state index in [1.54, 1.807) is 17.5 Å². The zero-order valence-electron chi connectivity index (χ0n) is 6.08. The number of hydrogen-bond acceptors (Lipinski definition) is 3. The molecule has 0 amide bonds. The van der Waals surface area contributed by atoms with Crippen molar-refractivity contribution in [3.8, 4) is 6.07 Å². The molecule has 56 valence electrons. The second-order valence-corrected chi connectivity index (χ2v) is 3.86. The molecule has 11 heavy (non-hydrogen) atoms. The van der Waals surface area contributed by atoms with Gasteiger partial charge in [0, 0.05) is 5.92 Å². The van der Waals surface area contributed by atoms with Crippen LogP contribution in [0.1, 0.15) is 35.1 Å². The number of nitriles is 1. The molecular formula is C8H8N2S. The molecular weight excluding hydrogens is 156 g/mol. The van der Waals surface area contributed by atoms with Crippen LogP contribution >= 0.6 is 11.3 Å².